The van der Waals surface area contributed by atoms with Crippen LogP contribution in [0.1, 0.15) is 38.7 Å². The fourth-order valence-electron chi connectivity index (χ4n) is 4.56. The Balaban J connectivity index is 1.30. The van der Waals surface area contributed by atoms with Gasteiger partial charge in [0.1, 0.15) is 23.5 Å². The fourth-order valence-corrected chi connectivity index (χ4v) is 4.56. The lowest BCUT2D eigenvalue weighted by atomic mass is 9.75. The van der Waals surface area contributed by atoms with Gasteiger partial charge in [-0.2, -0.15) is 13.2 Å². The molecule has 4 aromatic rings. The van der Waals surface area contributed by atoms with Crippen LogP contribution < -0.4 is 5.32 Å². The van der Waals surface area contributed by atoms with E-state index in [2.05, 4.69) is 20.5 Å². The van der Waals surface area contributed by atoms with Crippen molar-refractivity contribution in [3.63, 3.8) is 0 Å². The predicted molar refractivity (Wildman–Crippen MR) is 141 cm³/mol. The third kappa shape index (κ3) is 6.37. The minimum Gasteiger partial charge on any atom is -0.379 e. The largest absolute Gasteiger partial charge is 0.433 e. The summed E-state index contributed by atoms with van der Waals surface area (Å²) in [7, 11) is 1.87. The highest BCUT2D eigenvalue weighted by atomic mass is 19.4. The first-order chi connectivity index (χ1) is 19.2. The number of nitrogens with zero attached hydrogens (tertiary/aromatic N) is 4. The van der Waals surface area contributed by atoms with Gasteiger partial charge < -0.3 is 19.4 Å². The first kappa shape index (κ1) is 27.5. The van der Waals surface area contributed by atoms with Gasteiger partial charge in [-0.3, -0.25) is 4.79 Å². The lowest BCUT2D eigenvalue weighted by Gasteiger charge is -2.41. The van der Waals surface area contributed by atoms with Crippen LogP contribution in [0.4, 0.5) is 18.9 Å². The summed E-state index contributed by atoms with van der Waals surface area (Å²) in [5.74, 6) is 0.0631. The number of nitrogens with one attached hydrogen (secondary N) is 1. The number of carbonyl (C=O) groups is 1. The van der Waals surface area contributed by atoms with Crippen LogP contribution >= 0.6 is 0 Å². The van der Waals surface area contributed by atoms with Crippen molar-refractivity contribution >= 4 is 11.6 Å². The minimum atomic E-state index is -4.70. The van der Waals surface area contributed by atoms with Crippen molar-refractivity contribution in [1.82, 2.24) is 19.7 Å². The Kier molecular flexibility index (Phi) is 7.95. The van der Waals surface area contributed by atoms with Crippen LogP contribution in [-0.4, -0.2) is 45.5 Å². The van der Waals surface area contributed by atoms with Crippen molar-refractivity contribution in [2.45, 2.75) is 31.0 Å². The van der Waals surface area contributed by atoms with Crippen molar-refractivity contribution in [2.24, 2.45) is 7.05 Å². The highest BCUT2D eigenvalue weighted by Gasteiger charge is 2.42. The van der Waals surface area contributed by atoms with E-state index in [0.29, 0.717) is 37.5 Å². The van der Waals surface area contributed by atoms with Gasteiger partial charge >= 0.3 is 6.18 Å². The van der Waals surface area contributed by atoms with Gasteiger partial charge in [-0.05, 0) is 47.4 Å². The van der Waals surface area contributed by atoms with E-state index >= 15 is 0 Å². The zero-order valence-electron chi connectivity index (χ0n) is 21.8. The molecule has 208 valence electrons. The molecule has 1 aliphatic heterocycles. The number of carbonyl (C=O) groups excluding carboxylic acids is 1. The molecule has 11 heteroatoms. The van der Waals surface area contributed by atoms with E-state index in [1.165, 1.54) is 6.07 Å². The Morgan fingerprint density at radius 3 is 2.55 bits per heavy atom. The molecule has 1 fully saturated rings. The van der Waals surface area contributed by atoms with Gasteiger partial charge in [-0.15, -0.1) is 10.2 Å². The number of aromatic nitrogens is 4. The van der Waals surface area contributed by atoms with Gasteiger partial charge in [0.25, 0.3) is 5.91 Å². The number of aryl methyl sites for hydroxylation is 1. The van der Waals surface area contributed by atoms with Crippen molar-refractivity contribution in [1.29, 1.82) is 0 Å². The molecular formula is C29H28F3N5O3. The van der Waals surface area contributed by atoms with Crippen LogP contribution in [-0.2, 0) is 47.6 Å². The molecule has 0 spiro atoms. The molecule has 2 aromatic carbocycles. The Hall–Kier alpha value is -4.09. The average molecular weight is 552 g/mol. The molecule has 1 saturated heterocycles. The van der Waals surface area contributed by atoms with Crippen LogP contribution in [0.2, 0.25) is 0 Å². The van der Waals surface area contributed by atoms with Crippen molar-refractivity contribution < 1.29 is 27.4 Å². The summed E-state index contributed by atoms with van der Waals surface area (Å²) in [6, 6.07) is 19.0. The number of rotatable bonds is 10. The van der Waals surface area contributed by atoms with E-state index in [1.807, 2.05) is 54.1 Å². The van der Waals surface area contributed by atoms with Gasteiger partial charge in [0, 0.05) is 24.6 Å². The molecule has 2 aromatic heterocycles. The summed E-state index contributed by atoms with van der Waals surface area (Å²) < 4.78 is 53.8. The van der Waals surface area contributed by atoms with Crippen LogP contribution in [0.5, 0.6) is 0 Å². The maximum Gasteiger partial charge on any atom is 0.433 e. The maximum absolute atomic E-state index is 13.6. The number of amides is 1. The van der Waals surface area contributed by atoms with E-state index in [9.17, 15) is 18.0 Å². The number of hydrogen-bond donors (Lipinski definition) is 1. The highest BCUT2D eigenvalue weighted by molar-refractivity contribution is 6.03. The van der Waals surface area contributed by atoms with Crippen molar-refractivity contribution in [2.75, 3.05) is 25.1 Å². The second kappa shape index (κ2) is 11.6. The summed E-state index contributed by atoms with van der Waals surface area (Å²) in [5, 5.41) is 10.8. The molecule has 0 unspecified atom stereocenters. The first-order valence-corrected chi connectivity index (χ1v) is 12.7. The minimum absolute atomic E-state index is 0.189. The van der Waals surface area contributed by atoms with Gasteiger partial charge in [-0.25, -0.2) is 4.98 Å². The predicted octanol–water partition coefficient (Wildman–Crippen LogP) is 4.75. The first-order valence-electron chi connectivity index (χ1n) is 12.7. The Morgan fingerprint density at radius 2 is 1.88 bits per heavy atom. The topological polar surface area (TPSA) is 91.2 Å². The van der Waals surface area contributed by atoms with Crippen LogP contribution in [0.15, 0.2) is 73.1 Å². The average Bonchev–Trinajstić information content (AvgIpc) is 3.32. The van der Waals surface area contributed by atoms with Crippen LogP contribution in [0, 0.1) is 0 Å². The van der Waals surface area contributed by atoms with Crippen molar-refractivity contribution in [3.8, 4) is 0 Å². The Morgan fingerprint density at radius 1 is 1.07 bits per heavy atom. The molecule has 8 nitrogen and oxygen atoms in total. The number of ether oxygens (including phenoxy) is 2. The third-order valence-electron chi connectivity index (χ3n) is 6.85. The molecule has 0 aliphatic carbocycles. The summed E-state index contributed by atoms with van der Waals surface area (Å²) in [4.78, 5) is 16.7. The van der Waals surface area contributed by atoms with E-state index < -0.39 is 17.8 Å². The van der Waals surface area contributed by atoms with E-state index in [0.717, 1.165) is 23.0 Å². The van der Waals surface area contributed by atoms with Gasteiger partial charge in [-0.1, -0.05) is 42.5 Å². The van der Waals surface area contributed by atoms with E-state index in [4.69, 9.17) is 9.47 Å². The van der Waals surface area contributed by atoms with Crippen LogP contribution in [0.25, 0.3) is 0 Å². The molecule has 0 radical (unpaired) electrons. The molecule has 40 heavy (non-hydrogen) atoms. The number of pyridine rings is 1. The molecule has 5 rings (SSSR count). The van der Waals surface area contributed by atoms with Gasteiger partial charge in [0.2, 0.25) is 0 Å². The maximum atomic E-state index is 13.6. The zero-order valence-corrected chi connectivity index (χ0v) is 21.8. The molecule has 1 N–H and O–H groups in total. The Bertz CT molecular complexity index is 1470. The van der Waals surface area contributed by atoms with Gasteiger partial charge in [0.15, 0.2) is 0 Å². The monoisotopic (exact) mass is 551 g/mol. The van der Waals surface area contributed by atoms with Gasteiger partial charge in [0.05, 0.1) is 26.4 Å². The number of hydrogen-bond acceptors (Lipinski definition) is 6. The molecule has 1 amide bonds. The number of halogens is 3. The normalized spacial score (nSPS) is 14.5. The number of anilines is 1. The lowest BCUT2D eigenvalue weighted by molar-refractivity contribution is -0.141. The molecule has 0 saturated carbocycles. The second-order valence-corrected chi connectivity index (χ2v) is 9.87. The molecular weight excluding hydrogens is 523 g/mol. The molecule has 1 aliphatic rings. The fraction of sp³-hybridized carbons (Fsp3) is 0.310. The quantitative estimate of drug-likeness (QED) is 0.286. The number of alkyl halides is 3. The van der Waals surface area contributed by atoms with Crippen LogP contribution in [0.3, 0.4) is 0 Å². The smallest absolute Gasteiger partial charge is 0.379 e. The summed E-state index contributed by atoms with van der Waals surface area (Å²) in [6.07, 6.45) is -2.29. The summed E-state index contributed by atoms with van der Waals surface area (Å²) in [5.41, 5.74) is 0.848. The molecule has 3 heterocycles. The summed E-state index contributed by atoms with van der Waals surface area (Å²) in [6.45, 7) is 1.48. The molecule has 0 atom stereocenters. The molecule has 0 bridgehead atoms. The van der Waals surface area contributed by atoms with E-state index in [1.54, 1.807) is 18.5 Å². The van der Waals surface area contributed by atoms with Crippen molar-refractivity contribution in [3.05, 3.63) is 107 Å². The van der Waals surface area contributed by atoms with E-state index in [-0.39, 0.29) is 24.1 Å². The second-order valence-electron chi connectivity index (χ2n) is 9.87. The lowest BCUT2D eigenvalue weighted by Crippen LogP contribution is -2.49. The Labute approximate surface area is 229 Å². The number of benzene rings is 2. The zero-order chi connectivity index (χ0) is 28.2. The highest BCUT2D eigenvalue weighted by Crippen LogP contribution is 2.36. The third-order valence-corrected chi connectivity index (χ3v) is 6.85. The standard InChI is InChI=1S/C29H28F3N5O3/c1-37-19-33-36-26(37)15-28(17-40-18-28)22-8-5-9-23(14-22)34-27(38)24-12-21(13-25(35-24)29(30,31)32)10-11-39-16-20-6-3-2-4-7-20/h2-9,12-14,19H,10-11,15-18H2,1H3,(H,34,38). The summed E-state index contributed by atoms with van der Waals surface area (Å²) >= 11 is 0. The SMILES string of the molecule is Cn1cnnc1CC1(c2cccc(NC(=O)c3cc(CCOCc4ccccc4)cc(C(F)(F)F)n3)c2)COC1.